The summed E-state index contributed by atoms with van der Waals surface area (Å²) in [5.41, 5.74) is 6.31. The number of fused-ring (bicyclic) bond motifs is 2. The van der Waals surface area contributed by atoms with Crippen molar-refractivity contribution in [3.05, 3.63) is 69.4 Å². The van der Waals surface area contributed by atoms with Crippen molar-refractivity contribution in [1.29, 1.82) is 0 Å². The molecule has 0 unspecified atom stereocenters. The van der Waals surface area contributed by atoms with Crippen LogP contribution in [0.25, 0.3) is 16.6 Å². The first-order valence-corrected chi connectivity index (χ1v) is 12.5. The van der Waals surface area contributed by atoms with Crippen molar-refractivity contribution >= 4 is 22.8 Å². The number of amides is 1. The van der Waals surface area contributed by atoms with Crippen LogP contribution in [0.3, 0.4) is 0 Å². The molecule has 5 rings (SSSR count). The Kier molecular flexibility index (Phi) is 6.11. The topological polar surface area (TPSA) is 69.0 Å². The van der Waals surface area contributed by atoms with Crippen LogP contribution in [0.4, 0.5) is 0 Å². The maximum Gasteiger partial charge on any atom is 0.266 e. The number of methoxy groups -OCH3 is 1. The third-order valence-electron chi connectivity index (χ3n) is 6.22. The summed E-state index contributed by atoms with van der Waals surface area (Å²) in [5, 5.41) is 5.45. The van der Waals surface area contributed by atoms with E-state index in [0.29, 0.717) is 26.3 Å². The molecule has 1 aliphatic rings. The van der Waals surface area contributed by atoms with Gasteiger partial charge in [-0.2, -0.15) is 5.10 Å². The van der Waals surface area contributed by atoms with Crippen molar-refractivity contribution in [1.82, 2.24) is 19.5 Å². The van der Waals surface area contributed by atoms with Gasteiger partial charge in [0.1, 0.15) is 17.2 Å². The number of thiazole rings is 1. The van der Waals surface area contributed by atoms with Gasteiger partial charge >= 0.3 is 0 Å². The molecule has 182 valence electrons. The lowest BCUT2D eigenvalue weighted by atomic mass is 9.98. The lowest BCUT2D eigenvalue weighted by Gasteiger charge is -2.19. The molecule has 35 heavy (non-hydrogen) atoms. The third kappa shape index (κ3) is 4.56. The minimum Gasteiger partial charge on any atom is -0.489 e. The van der Waals surface area contributed by atoms with Gasteiger partial charge < -0.3 is 14.4 Å². The Morgan fingerprint density at radius 2 is 1.97 bits per heavy atom. The Morgan fingerprint density at radius 3 is 2.69 bits per heavy atom. The first-order chi connectivity index (χ1) is 16.7. The average Bonchev–Trinajstić information content (AvgIpc) is 3.49. The highest BCUT2D eigenvalue weighted by atomic mass is 32.1. The summed E-state index contributed by atoms with van der Waals surface area (Å²) >= 11 is 1.54. The molecule has 1 aliphatic heterocycles. The molecule has 8 heteroatoms. The summed E-state index contributed by atoms with van der Waals surface area (Å²) in [6.07, 6.45) is 3.68. The van der Waals surface area contributed by atoms with E-state index in [2.05, 4.69) is 51.0 Å². The van der Waals surface area contributed by atoms with Crippen molar-refractivity contribution in [3.63, 3.8) is 0 Å². The normalized spacial score (nSPS) is 13.6. The molecule has 0 saturated heterocycles. The lowest BCUT2D eigenvalue weighted by molar-refractivity contribution is 0.0769. The Labute approximate surface area is 209 Å². The zero-order valence-corrected chi connectivity index (χ0v) is 21.6. The second-order valence-electron chi connectivity index (χ2n) is 9.94. The molecule has 3 aromatic heterocycles. The maximum atomic E-state index is 13.1. The van der Waals surface area contributed by atoms with E-state index in [1.165, 1.54) is 11.3 Å². The second-order valence-corrected chi connectivity index (χ2v) is 10.9. The SMILES string of the molecule is COCCOc1cc2c(-c3ccc(CN4Cc5nc(C(C)(C)C)sc5C4=O)c(C)c3)ccnn2c1. The second kappa shape index (κ2) is 9.09. The van der Waals surface area contributed by atoms with E-state index in [4.69, 9.17) is 14.5 Å². The quantitative estimate of drug-likeness (QED) is 0.331. The summed E-state index contributed by atoms with van der Waals surface area (Å²) in [4.78, 5) is 20.5. The summed E-state index contributed by atoms with van der Waals surface area (Å²) in [6, 6.07) is 10.4. The summed E-state index contributed by atoms with van der Waals surface area (Å²) < 4.78 is 12.7. The van der Waals surface area contributed by atoms with E-state index < -0.39 is 0 Å². The molecule has 4 aromatic rings. The zero-order valence-electron chi connectivity index (χ0n) is 20.8. The van der Waals surface area contributed by atoms with Crippen molar-refractivity contribution in [3.8, 4) is 16.9 Å². The molecule has 0 aliphatic carbocycles. The van der Waals surface area contributed by atoms with Gasteiger partial charge in [0.2, 0.25) is 0 Å². The molecule has 0 radical (unpaired) electrons. The van der Waals surface area contributed by atoms with Crippen LogP contribution >= 0.6 is 11.3 Å². The molecule has 4 heterocycles. The summed E-state index contributed by atoms with van der Waals surface area (Å²) in [6.45, 7) is 10.7. The highest BCUT2D eigenvalue weighted by Crippen LogP contribution is 2.35. The van der Waals surface area contributed by atoms with Crippen LogP contribution in [0, 0.1) is 6.92 Å². The van der Waals surface area contributed by atoms with Crippen LogP contribution < -0.4 is 4.74 Å². The molecule has 0 N–H and O–H groups in total. The van der Waals surface area contributed by atoms with Crippen molar-refractivity contribution in [2.24, 2.45) is 0 Å². The van der Waals surface area contributed by atoms with Crippen LogP contribution in [-0.4, -0.2) is 45.7 Å². The van der Waals surface area contributed by atoms with Crippen LogP contribution in [-0.2, 0) is 23.2 Å². The Hall–Kier alpha value is -3.23. The molecule has 0 bridgehead atoms. The van der Waals surface area contributed by atoms with E-state index in [1.807, 2.05) is 27.7 Å². The molecule has 0 fully saturated rings. The van der Waals surface area contributed by atoms with Gasteiger partial charge in [-0.05, 0) is 29.7 Å². The Balaban J connectivity index is 1.35. The van der Waals surface area contributed by atoms with Gasteiger partial charge in [0.25, 0.3) is 5.91 Å². The average molecular weight is 491 g/mol. The molecule has 0 atom stereocenters. The molecule has 1 amide bonds. The monoisotopic (exact) mass is 490 g/mol. The number of hydrogen-bond donors (Lipinski definition) is 0. The number of rotatable bonds is 7. The van der Waals surface area contributed by atoms with E-state index in [9.17, 15) is 4.79 Å². The molecule has 1 aromatic carbocycles. The van der Waals surface area contributed by atoms with Gasteiger partial charge in [-0.25, -0.2) is 9.50 Å². The standard InChI is InChI=1S/C27H30N4O3S/c1-17-12-18(21-8-9-28-31-15-20(13-23(21)31)34-11-10-33-5)6-7-19(17)14-30-16-22-24(25(30)32)35-26(29-22)27(2,3)4/h6-9,12-13,15H,10-11,14,16H2,1-5H3. The van der Waals surface area contributed by atoms with Gasteiger partial charge in [0, 0.05) is 36.9 Å². The molecular formula is C27H30N4O3S. The van der Waals surface area contributed by atoms with Crippen LogP contribution in [0.15, 0.2) is 42.7 Å². The first kappa shape index (κ1) is 23.5. The van der Waals surface area contributed by atoms with Crippen LogP contribution in [0.5, 0.6) is 5.75 Å². The highest BCUT2D eigenvalue weighted by molar-refractivity contribution is 7.14. The van der Waals surface area contributed by atoms with Gasteiger partial charge in [-0.1, -0.05) is 39.0 Å². The van der Waals surface area contributed by atoms with Gasteiger partial charge in [0.05, 0.1) is 35.6 Å². The summed E-state index contributed by atoms with van der Waals surface area (Å²) in [7, 11) is 1.66. The van der Waals surface area contributed by atoms with Crippen molar-refractivity contribution in [2.75, 3.05) is 20.3 Å². The third-order valence-corrected chi connectivity index (χ3v) is 7.73. The predicted molar refractivity (Wildman–Crippen MR) is 137 cm³/mol. The fraction of sp³-hybridized carbons (Fsp3) is 0.370. The molecule has 0 spiro atoms. The van der Waals surface area contributed by atoms with Crippen LogP contribution in [0.1, 0.15) is 52.3 Å². The lowest BCUT2D eigenvalue weighted by Crippen LogP contribution is -2.24. The molecule has 7 nitrogen and oxygen atoms in total. The van der Waals surface area contributed by atoms with E-state index in [0.717, 1.165) is 49.1 Å². The smallest absolute Gasteiger partial charge is 0.266 e. The fourth-order valence-electron chi connectivity index (χ4n) is 4.27. The minimum atomic E-state index is -0.0400. The first-order valence-electron chi connectivity index (χ1n) is 11.7. The minimum absolute atomic E-state index is 0.0400. The van der Waals surface area contributed by atoms with E-state index >= 15 is 0 Å². The Bertz CT molecular complexity index is 1400. The number of carbonyl (C=O) groups is 1. The number of aryl methyl sites for hydroxylation is 1. The molecule has 0 saturated carbocycles. The van der Waals surface area contributed by atoms with E-state index in [-0.39, 0.29) is 11.3 Å². The number of aromatic nitrogens is 3. The fourth-order valence-corrected chi connectivity index (χ4v) is 5.37. The summed E-state index contributed by atoms with van der Waals surface area (Å²) in [5.74, 6) is 0.847. The zero-order chi connectivity index (χ0) is 24.7. The van der Waals surface area contributed by atoms with Crippen molar-refractivity contribution in [2.45, 2.75) is 46.2 Å². The van der Waals surface area contributed by atoms with Gasteiger partial charge in [0.15, 0.2) is 0 Å². The van der Waals surface area contributed by atoms with Gasteiger partial charge in [-0.15, -0.1) is 11.3 Å². The molecular weight excluding hydrogens is 460 g/mol. The van der Waals surface area contributed by atoms with Gasteiger partial charge in [-0.3, -0.25) is 4.79 Å². The predicted octanol–water partition coefficient (Wildman–Crippen LogP) is 5.24. The maximum absolute atomic E-state index is 13.1. The number of nitrogens with zero attached hydrogens (tertiary/aromatic N) is 4. The number of carbonyl (C=O) groups excluding carboxylic acids is 1. The largest absolute Gasteiger partial charge is 0.489 e. The highest BCUT2D eigenvalue weighted by Gasteiger charge is 2.34. The number of hydrogen-bond acceptors (Lipinski definition) is 6. The van der Waals surface area contributed by atoms with E-state index in [1.54, 1.807) is 13.3 Å². The number of benzene rings is 1. The van der Waals surface area contributed by atoms with Crippen molar-refractivity contribution < 1.29 is 14.3 Å². The Morgan fingerprint density at radius 1 is 1.14 bits per heavy atom. The number of ether oxygens (including phenoxy) is 2. The van der Waals surface area contributed by atoms with Crippen LogP contribution in [0.2, 0.25) is 0 Å².